The second-order valence-corrected chi connectivity index (χ2v) is 8.01. The summed E-state index contributed by atoms with van der Waals surface area (Å²) in [6.45, 7) is 4.73. The van der Waals surface area contributed by atoms with E-state index in [-0.39, 0.29) is 11.8 Å². The molecule has 0 radical (unpaired) electrons. The Balaban J connectivity index is 1.66. The van der Waals surface area contributed by atoms with E-state index in [0.717, 1.165) is 20.7 Å². The lowest BCUT2D eigenvalue weighted by Crippen LogP contribution is -2.27. The van der Waals surface area contributed by atoms with Crippen LogP contribution in [0, 0.1) is 0 Å². The lowest BCUT2D eigenvalue weighted by atomic mass is 10.1. The Morgan fingerprint density at radius 2 is 2.17 bits per heavy atom. The summed E-state index contributed by atoms with van der Waals surface area (Å²) in [5.41, 5.74) is 2.87. The summed E-state index contributed by atoms with van der Waals surface area (Å²) in [6.07, 6.45) is 2.80. The molecule has 120 valence electrons. The zero-order valence-electron chi connectivity index (χ0n) is 13.0. The largest absolute Gasteiger partial charge is 0.361 e. The second-order valence-electron chi connectivity index (χ2n) is 5.70. The third-order valence-corrected chi connectivity index (χ3v) is 5.53. The van der Waals surface area contributed by atoms with Crippen molar-refractivity contribution in [3.8, 4) is 0 Å². The number of aromatic amines is 1. The molecule has 3 aromatic rings. The van der Waals surface area contributed by atoms with Gasteiger partial charge in [-0.3, -0.25) is 4.79 Å². The Hall–Kier alpha value is -1.66. The quantitative estimate of drug-likeness (QED) is 0.673. The number of rotatable bonds is 5. The Bertz CT molecular complexity index is 837. The maximum atomic E-state index is 12.4. The van der Waals surface area contributed by atoms with Crippen molar-refractivity contribution in [2.75, 3.05) is 6.54 Å². The summed E-state index contributed by atoms with van der Waals surface area (Å²) >= 11 is 4.89. The molecule has 0 saturated carbocycles. The van der Waals surface area contributed by atoms with Crippen molar-refractivity contribution < 1.29 is 4.79 Å². The number of amides is 1. The van der Waals surface area contributed by atoms with E-state index in [0.29, 0.717) is 12.2 Å². The number of para-hydroxylation sites is 1. The highest BCUT2D eigenvalue weighted by atomic mass is 79.9. The van der Waals surface area contributed by atoms with Gasteiger partial charge in [0.15, 0.2) is 3.92 Å². The summed E-state index contributed by atoms with van der Waals surface area (Å²) in [7, 11) is 0. The first-order valence-electron chi connectivity index (χ1n) is 7.55. The van der Waals surface area contributed by atoms with Gasteiger partial charge in [-0.15, -0.1) is 11.3 Å². The van der Waals surface area contributed by atoms with Crippen LogP contribution in [0.15, 0.2) is 34.4 Å². The minimum absolute atomic E-state index is 0.101. The van der Waals surface area contributed by atoms with Crippen LogP contribution in [0.3, 0.4) is 0 Å². The van der Waals surface area contributed by atoms with Gasteiger partial charge in [0.1, 0.15) is 5.69 Å². The number of benzene rings is 1. The number of nitrogens with zero attached hydrogens (tertiary/aromatic N) is 1. The monoisotopic (exact) mass is 391 g/mol. The normalized spacial score (nSPS) is 11.3. The lowest BCUT2D eigenvalue weighted by Gasteiger charge is -2.06. The third-order valence-electron chi connectivity index (χ3n) is 3.72. The average molecular weight is 392 g/mol. The van der Waals surface area contributed by atoms with Gasteiger partial charge in [0.05, 0.1) is 0 Å². The maximum Gasteiger partial charge on any atom is 0.271 e. The van der Waals surface area contributed by atoms with Gasteiger partial charge in [-0.1, -0.05) is 32.0 Å². The number of carbonyl (C=O) groups excluding carboxylic acids is 1. The van der Waals surface area contributed by atoms with Gasteiger partial charge >= 0.3 is 0 Å². The molecule has 0 fully saturated rings. The minimum Gasteiger partial charge on any atom is -0.361 e. The fraction of sp³-hybridized carbons (Fsp3) is 0.294. The number of fused-ring (bicyclic) bond motifs is 1. The molecule has 0 unspecified atom stereocenters. The highest BCUT2D eigenvalue weighted by molar-refractivity contribution is 9.11. The molecule has 0 aliphatic carbocycles. The SMILES string of the molecule is CC(C)c1sc(Br)nc1C(=O)NCCc1c[nH]c2ccccc12. The fourth-order valence-corrected chi connectivity index (χ4v) is 4.08. The molecule has 23 heavy (non-hydrogen) atoms. The van der Waals surface area contributed by atoms with Crippen molar-refractivity contribution in [1.29, 1.82) is 0 Å². The number of aromatic nitrogens is 2. The highest BCUT2D eigenvalue weighted by Crippen LogP contribution is 2.29. The van der Waals surface area contributed by atoms with Crippen molar-refractivity contribution in [3.05, 3.63) is 50.5 Å². The predicted octanol–water partition coefficient (Wildman–Crippen LogP) is 4.48. The number of halogens is 1. The van der Waals surface area contributed by atoms with E-state index in [4.69, 9.17) is 0 Å². The van der Waals surface area contributed by atoms with Gasteiger partial charge in [0, 0.05) is 28.5 Å². The zero-order valence-corrected chi connectivity index (χ0v) is 15.4. The maximum absolute atomic E-state index is 12.4. The van der Waals surface area contributed by atoms with Crippen LogP contribution in [0.2, 0.25) is 0 Å². The van der Waals surface area contributed by atoms with Crippen molar-refractivity contribution in [3.63, 3.8) is 0 Å². The minimum atomic E-state index is -0.101. The van der Waals surface area contributed by atoms with Gasteiger partial charge < -0.3 is 10.3 Å². The molecule has 2 heterocycles. The number of carbonyl (C=O) groups is 1. The standard InChI is InChI=1S/C17H18BrN3OS/c1-10(2)15-14(21-17(18)23-15)16(22)19-8-7-11-9-20-13-6-4-3-5-12(11)13/h3-6,9-10,20H,7-8H2,1-2H3,(H,19,22). The molecule has 4 nitrogen and oxygen atoms in total. The van der Waals surface area contributed by atoms with Crippen molar-refractivity contribution >= 4 is 44.1 Å². The molecule has 3 rings (SSSR count). The summed E-state index contributed by atoms with van der Waals surface area (Å²) < 4.78 is 0.753. The van der Waals surface area contributed by atoms with Crippen LogP contribution in [0.5, 0.6) is 0 Å². The van der Waals surface area contributed by atoms with Crippen LogP contribution in [0.1, 0.15) is 40.7 Å². The molecule has 2 aromatic heterocycles. The Morgan fingerprint density at radius 1 is 1.39 bits per heavy atom. The second kappa shape index (κ2) is 6.84. The van der Waals surface area contributed by atoms with E-state index < -0.39 is 0 Å². The van der Waals surface area contributed by atoms with Gasteiger partial charge in [0.25, 0.3) is 5.91 Å². The van der Waals surface area contributed by atoms with Crippen LogP contribution in [0.4, 0.5) is 0 Å². The van der Waals surface area contributed by atoms with E-state index in [1.807, 2.05) is 18.3 Å². The molecule has 0 aliphatic rings. The van der Waals surface area contributed by atoms with Gasteiger partial charge in [0.2, 0.25) is 0 Å². The molecule has 0 saturated heterocycles. The molecular weight excluding hydrogens is 374 g/mol. The zero-order chi connectivity index (χ0) is 16.4. The molecular formula is C17H18BrN3OS. The summed E-state index contributed by atoms with van der Waals surface area (Å²) in [4.78, 5) is 21.0. The van der Waals surface area contributed by atoms with E-state index in [9.17, 15) is 4.79 Å². The van der Waals surface area contributed by atoms with E-state index in [1.165, 1.54) is 22.3 Å². The molecule has 0 spiro atoms. The van der Waals surface area contributed by atoms with Crippen molar-refractivity contribution in [2.45, 2.75) is 26.2 Å². The van der Waals surface area contributed by atoms with Crippen LogP contribution >= 0.6 is 27.3 Å². The Morgan fingerprint density at radius 3 is 2.96 bits per heavy atom. The summed E-state index contributed by atoms with van der Waals surface area (Å²) in [6, 6.07) is 8.19. The molecule has 0 aliphatic heterocycles. The highest BCUT2D eigenvalue weighted by Gasteiger charge is 2.19. The smallest absolute Gasteiger partial charge is 0.271 e. The molecule has 2 N–H and O–H groups in total. The van der Waals surface area contributed by atoms with Crippen LogP contribution in [0.25, 0.3) is 10.9 Å². The van der Waals surface area contributed by atoms with Crippen LogP contribution in [-0.4, -0.2) is 22.4 Å². The molecule has 1 aromatic carbocycles. The van der Waals surface area contributed by atoms with E-state index in [1.54, 1.807) is 0 Å². The number of H-pyrrole nitrogens is 1. The number of thiazole rings is 1. The fourth-order valence-electron chi connectivity index (χ4n) is 2.59. The first-order valence-corrected chi connectivity index (χ1v) is 9.16. The number of hydrogen-bond acceptors (Lipinski definition) is 3. The summed E-state index contributed by atoms with van der Waals surface area (Å²) in [5.74, 6) is 0.184. The molecule has 6 heteroatoms. The van der Waals surface area contributed by atoms with Crippen LogP contribution in [-0.2, 0) is 6.42 Å². The average Bonchev–Trinajstić information content (AvgIpc) is 3.11. The Labute approximate surface area is 147 Å². The van der Waals surface area contributed by atoms with E-state index >= 15 is 0 Å². The van der Waals surface area contributed by atoms with Gasteiger partial charge in [-0.25, -0.2) is 4.98 Å². The van der Waals surface area contributed by atoms with Crippen LogP contribution < -0.4 is 5.32 Å². The van der Waals surface area contributed by atoms with Crippen molar-refractivity contribution in [2.24, 2.45) is 0 Å². The first kappa shape index (κ1) is 16.2. The molecule has 0 atom stereocenters. The third kappa shape index (κ3) is 3.48. The number of hydrogen-bond donors (Lipinski definition) is 2. The molecule has 1 amide bonds. The number of nitrogens with one attached hydrogen (secondary N) is 2. The summed E-state index contributed by atoms with van der Waals surface area (Å²) in [5, 5.41) is 4.19. The lowest BCUT2D eigenvalue weighted by molar-refractivity contribution is 0.0948. The van der Waals surface area contributed by atoms with Crippen molar-refractivity contribution in [1.82, 2.24) is 15.3 Å². The van der Waals surface area contributed by atoms with Gasteiger partial charge in [-0.2, -0.15) is 0 Å². The Kier molecular flexibility index (Phi) is 4.82. The molecule has 0 bridgehead atoms. The first-order chi connectivity index (χ1) is 11.1. The predicted molar refractivity (Wildman–Crippen MR) is 98.2 cm³/mol. The van der Waals surface area contributed by atoms with Gasteiger partial charge in [-0.05, 0) is 39.9 Å². The van der Waals surface area contributed by atoms with E-state index in [2.05, 4.69) is 57.2 Å². The topological polar surface area (TPSA) is 57.8 Å².